The highest BCUT2D eigenvalue weighted by atomic mass is 35.5. The molecule has 0 aromatic heterocycles. The SMILES string of the molecule is O=C1CCCN1c1cccc(Cl)c1Cl. The summed E-state index contributed by atoms with van der Waals surface area (Å²) in [6, 6.07) is 5.33. The molecule has 0 spiro atoms. The largest absolute Gasteiger partial charge is 0.311 e. The third kappa shape index (κ3) is 1.60. The smallest absolute Gasteiger partial charge is 0.227 e. The van der Waals surface area contributed by atoms with Gasteiger partial charge in [0.2, 0.25) is 5.91 Å². The summed E-state index contributed by atoms with van der Waals surface area (Å²) >= 11 is 11.9. The molecule has 0 bridgehead atoms. The number of carbonyl (C=O) groups excluding carboxylic acids is 1. The average Bonchev–Trinajstić information content (AvgIpc) is 2.57. The molecule has 0 atom stereocenters. The highest BCUT2D eigenvalue weighted by Gasteiger charge is 2.23. The lowest BCUT2D eigenvalue weighted by Crippen LogP contribution is -2.23. The minimum atomic E-state index is 0.120. The van der Waals surface area contributed by atoms with Crippen molar-refractivity contribution in [1.82, 2.24) is 0 Å². The van der Waals surface area contributed by atoms with Gasteiger partial charge in [0, 0.05) is 13.0 Å². The number of amides is 1. The van der Waals surface area contributed by atoms with Gasteiger partial charge in [-0.1, -0.05) is 29.3 Å². The highest BCUT2D eigenvalue weighted by Crippen LogP contribution is 2.34. The zero-order chi connectivity index (χ0) is 10.1. The molecule has 0 aliphatic carbocycles. The van der Waals surface area contributed by atoms with Crippen molar-refractivity contribution in [3.05, 3.63) is 28.2 Å². The summed E-state index contributed by atoms with van der Waals surface area (Å²) in [6.07, 6.45) is 1.49. The molecule has 0 N–H and O–H groups in total. The van der Waals surface area contributed by atoms with E-state index < -0.39 is 0 Å². The molecule has 2 nitrogen and oxygen atoms in total. The summed E-state index contributed by atoms with van der Waals surface area (Å²) < 4.78 is 0. The van der Waals surface area contributed by atoms with Gasteiger partial charge in [0.25, 0.3) is 0 Å². The molecule has 0 unspecified atom stereocenters. The van der Waals surface area contributed by atoms with Crippen LogP contribution >= 0.6 is 23.2 Å². The number of nitrogens with zero attached hydrogens (tertiary/aromatic N) is 1. The van der Waals surface area contributed by atoms with Crippen LogP contribution in [0.4, 0.5) is 5.69 Å². The zero-order valence-corrected chi connectivity index (χ0v) is 8.98. The quantitative estimate of drug-likeness (QED) is 0.725. The van der Waals surface area contributed by atoms with Crippen LogP contribution in [0.5, 0.6) is 0 Å². The molecule has 1 aromatic carbocycles. The van der Waals surface area contributed by atoms with Crippen LogP contribution in [0.25, 0.3) is 0 Å². The maximum atomic E-state index is 11.5. The zero-order valence-electron chi connectivity index (χ0n) is 7.46. The Balaban J connectivity index is 2.41. The van der Waals surface area contributed by atoms with E-state index in [4.69, 9.17) is 23.2 Å². The van der Waals surface area contributed by atoms with E-state index >= 15 is 0 Å². The Kier molecular flexibility index (Phi) is 2.66. The third-order valence-electron chi connectivity index (χ3n) is 2.30. The molecule has 0 saturated carbocycles. The molecule has 0 radical (unpaired) electrons. The van der Waals surface area contributed by atoms with Crippen molar-refractivity contribution in [1.29, 1.82) is 0 Å². The Morgan fingerprint density at radius 1 is 1.29 bits per heavy atom. The molecular weight excluding hydrogens is 221 g/mol. The Bertz CT molecular complexity index is 378. The van der Waals surface area contributed by atoms with E-state index in [9.17, 15) is 4.79 Å². The van der Waals surface area contributed by atoms with Crippen LogP contribution in [0.1, 0.15) is 12.8 Å². The monoisotopic (exact) mass is 229 g/mol. The first-order chi connectivity index (χ1) is 6.70. The van der Waals surface area contributed by atoms with Crippen LogP contribution in [0.15, 0.2) is 18.2 Å². The lowest BCUT2D eigenvalue weighted by atomic mass is 10.3. The first-order valence-electron chi connectivity index (χ1n) is 4.44. The number of anilines is 1. The molecule has 1 heterocycles. The first kappa shape index (κ1) is 9.81. The number of hydrogen-bond acceptors (Lipinski definition) is 1. The van der Waals surface area contributed by atoms with Crippen molar-refractivity contribution in [3.63, 3.8) is 0 Å². The molecule has 14 heavy (non-hydrogen) atoms. The van der Waals surface area contributed by atoms with Gasteiger partial charge in [0.15, 0.2) is 0 Å². The van der Waals surface area contributed by atoms with Crippen LogP contribution < -0.4 is 4.90 Å². The minimum Gasteiger partial charge on any atom is -0.311 e. The summed E-state index contributed by atoms with van der Waals surface area (Å²) in [5.74, 6) is 0.120. The maximum Gasteiger partial charge on any atom is 0.227 e. The van der Waals surface area contributed by atoms with Crippen LogP contribution in [0, 0.1) is 0 Å². The van der Waals surface area contributed by atoms with Crippen molar-refractivity contribution in [2.24, 2.45) is 0 Å². The normalized spacial score (nSPS) is 16.4. The predicted octanol–water partition coefficient (Wildman–Crippen LogP) is 3.12. The molecule has 74 valence electrons. The number of carbonyl (C=O) groups is 1. The summed E-state index contributed by atoms with van der Waals surface area (Å²) in [5.41, 5.74) is 0.724. The van der Waals surface area contributed by atoms with E-state index in [1.165, 1.54) is 0 Å². The fourth-order valence-electron chi connectivity index (χ4n) is 1.60. The van der Waals surface area contributed by atoms with E-state index in [1.54, 1.807) is 17.0 Å². The van der Waals surface area contributed by atoms with E-state index in [-0.39, 0.29) is 5.91 Å². The van der Waals surface area contributed by atoms with E-state index in [0.717, 1.165) is 18.7 Å². The second-order valence-electron chi connectivity index (χ2n) is 3.22. The minimum absolute atomic E-state index is 0.120. The molecule has 1 aliphatic heterocycles. The molecule has 1 amide bonds. The summed E-state index contributed by atoms with van der Waals surface area (Å²) in [7, 11) is 0. The van der Waals surface area contributed by atoms with Gasteiger partial charge >= 0.3 is 0 Å². The Morgan fingerprint density at radius 2 is 2.07 bits per heavy atom. The van der Waals surface area contributed by atoms with E-state index in [0.29, 0.717) is 16.5 Å². The van der Waals surface area contributed by atoms with Crippen molar-refractivity contribution in [2.45, 2.75) is 12.8 Å². The lowest BCUT2D eigenvalue weighted by molar-refractivity contribution is -0.117. The van der Waals surface area contributed by atoms with Crippen molar-refractivity contribution >= 4 is 34.8 Å². The fourth-order valence-corrected chi connectivity index (χ4v) is 2.00. The van der Waals surface area contributed by atoms with Gasteiger partial charge in [-0.25, -0.2) is 0 Å². The molecule has 1 aliphatic rings. The van der Waals surface area contributed by atoms with Gasteiger partial charge in [0.1, 0.15) is 0 Å². The molecule has 1 saturated heterocycles. The van der Waals surface area contributed by atoms with Crippen LogP contribution in [-0.2, 0) is 4.79 Å². The standard InChI is InChI=1S/C10H9Cl2NO/c11-7-3-1-4-8(10(7)12)13-6-2-5-9(13)14/h1,3-4H,2,5-6H2. The second kappa shape index (κ2) is 3.79. The van der Waals surface area contributed by atoms with Gasteiger partial charge < -0.3 is 4.90 Å². The second-order valence-corrected chi connectivity index (χ2v) is 4.01. The van der Waals surface area contributed by atoms with E-state index in [2.05, 4.69) is 0 Å². The van der Waals surface area contributed by atoms with Gasteiger partial charge in [-0.05, 0) is 18.6 Å². The van der Waals surface area contributed by atoms with Crippen LogP contribution in [0.3, 0.4) is 0 Å². The van der Waals surface area contributed by atoms with Gasteiger partial charge in [0.05, 0.1) is 15.7 Å². The number of hydrogen-bond donors (Lipinski definition) is 0. The van der Waals surface area contributed by atoms with Crippen LogP contribution in [-0.4, -0.2) is 12.5 Å². The van der Waals surface area contributed by atoms with Crippen molar-refractivity contribution < 1.29 is 4.79 Å². The molecule has 1 aromatic rings. The van der Waals surface area contributed by atoms with E-state index in [1.807, 2.05) is 6.07 Å². The number of rotatable bonds is 1. The van der Waals surface area contributed by atoms with Gasteiger partial charge in [-0.3, -0.25) is 4.79 Å². The molecule has 2 rings (SSSR count). The van der Waals surface area contributed by atoms with Crippen LogP contribution in [0.2, 0.25) is 10.0 Å². The van der Waals surface area contributed by atoms with Gasteiger partial charge in [-0.15, -0.1) is 0 Å². The fraction of sp³-hybridized carbons (Fsp3) is 0.300. The molecular formula is C10H9Cl2NO. The molecule has 4 heteroatoms. The lowest BCUT2D eigenvalue weighted by Gasteiger charge is -2.17. The topological polar surface area (TPSA) is 20.3 Å². The Morgan fingerprint density at radius 3 is 2.71 bits per heavy atom. The van der Waals surface area contributed by atoms with Crippen molar-refractivity contribution in [2.75, 3.05) is 11.4 Å². The first-order valence-corrected chi connectivity index (χ1v) is 5.20. The Hall–Kier alpha value is -0.730. The number of benzene rings is 1. The average molecular weight is 230 g/mol. The highest BCUT2D eigenvalue weighted by molar-refractivity contribution is 6.44. The summed E-state index contributed by atoms with van der Waals surface area (Å²) in [5, 5.41) is 0.952. The summed E-state index contributed by atoms with van der Waals surface area (Å²) in [6.45, 7) is 0.735. The predicted molar refractivity (Wildman–Crippen MR) is 58.0 cm³/mol. The number of halogens is 2. The van der Waals surface area contributed by atoms with Gasteiger partial charge in [-0.2, -0.15) is 0 Å². The maximum absolute atomic E-state index is 11.5. The molecule has 1 fully saturated rings. The summed E-state index contributed by atoms with van der Waals surface area (Å²) in [4.78, 5) is 13.2. The Labute approximate surface area is 92.4 Å². The third-order valence-corrected chi connectivity index (χ3v) is 3.10. The van der Waals surface area contributed by atoms with Crippen molar-refractivity contribution in [3.8, 4) is 0 Å².